The molecule has 0 bridgehead atoms. The molecule has 8 heteroatoms. The van der Waals surface area contributed by atoms with Gasteiger partial charge in [-0.15, -0.1) is 11.3 Å². The average molecular weight is 333 g/mol. The van der Waals surface area contributed by atoms with Crippen LogP contribution in [0, 0.1) is 12.8 Å². The van der Waals surface area contributed by atoms with Crippen molar-refractivity contribution in [2.24, 2.45) is 13.0 Å². The first-order valence-electron chi connectivity index (χ1n) is 7.45. The quantitative estimate of drug-likeness (QED) is 0.911. The summed E-state index contributed by atoms with van der Waals surface area (Å²) >= 11 is 1.33. The summed E-state index contributed by atoms with van der Waals surface area (Å²) in [6.07, 6.45) is 3.20. The fourth-order valence-electron chi connectivity index (χ4n) is 2.74. The van der Waals surface area contributed by atoms with Crippen molar-refractivity contribution in [3.8, 4) is 0 Å². The van der Waals surface area contributed by atoms with Crippen molar-refractivity contribution in [2.45, 2.75) is 19.9 Å². The smallest absolute Gasteiger partial charge is 0.282 e. The topological polar surface area (TPSA) is 80.1 Å². The van der Waals surface area contributed by atoms with Crippen LogP contribution in [0.5, 0.6) is 0 Å². The van der Waals surface area contributed by atoms with Crippen LogP contribution in [0.25, 0.3) is 0 Å². The fraction of sp³-hybridized carbons (Fsp3) is 0.467. The van der Waals surface area contributed by atoms with Crippen molar-refractivity contribution >= 4 is 23.2 Å². The molecule has 2 atom stereocenters. The Hall–Kier alpha value is -2.22. The average Bonchev–Trinajstić information content (AvgIpc) is 3.23. The van der Waals surface area contributed by atoms with Gasteiger partial charge in [-0.2, -0.15) is 0 Å². The van der Waals surface area contributed by atoms with E-state index in [-0.39, 0.29) is 23.8 Å². The fourth-order valence-corrected chi connectivity index (χ4v) is 3.34. The first kappa shape index (κ1) is 15.7. The summed E-state index contributed by atoms with van der Waals surface area (Å²) in [5, 5.41) is 5.30. The van der Waals surface area contributed by atoms with E-state index >= 15 is 0 Å². The first-order chi connectivity index (χ1) is 11.0. The third-order valence-corrected chi connectivity index (χ3v) is 5.05. The Bertz CT molecular complexity index is 724. The highest BCUT2D eigenvalue weighted by Crippen LogP contribution is 2.20. The van der Waals surface area contributed by atoms with Crippen LogP contribution in [0.15, 0.2) is 17.8 Å². The highest BCUT2D eigenvalue weighted by atomic mass is 32.1. The molecule has 0 spiro atoms. The predicted octanol–water partition coefficient (Wildman–Crippen LogP) is 1.08. The third kappa shape index (κ3) is 2.98. The number of hydrogen-bond donors (Lipinski definition) is 1. The molecule has 0 aliphatic carbocycles. The van der Waals surface area contributed by atoms with Gasteiger partial charge in [0.2, 0.25) is 0 Å². The Labute approximate surface area is 138 Å². The Kier molecular flexibility index (Phi) is 4.16. The van der Waals surface area contributed by atoms with Gasteiger partial charge in [0, 0.05) is 31.7 Å². The van der Waals surface area contributed by atoms with Gasteiger partial charge in [0.05, 0.1) is 12.2 Å². The molecule has 2 amide bonds. The van der Waals surface area contributed by atoms with E-state index in [1.54, 1.807) is 27.2 Å². The molecule has 2 aromatic heterocycles. The monoisotopic (exact) mass is 333 g/mol. The van der Waals surface area contributed by atoms with Crippen molar-refractivity contribution in [1.82, 2.24) is 24.8 Å². The summed E-state index contributed by atoms with van der Waals surface area (Å²) < 4.78 is 1.76. The zero-order valence-corrected chi connectivity index (χ0v) is 14.1. The summed E-state index contributed by atoms with van der Waals surface area (Å²) in [4.78, 5) is 34.7. The van der Waals surface area contributed by atoms with Gasteiger partial charge < -0.3 is 14.8 Å². The van der Waals surface area contributed by atoms with Crippen LogP contribution in [0.4, 0.5) is 0 Å². The lowest BCUT2D eigenvalue weighted by molar-refractivity contribution is 0.0780. The molecule has 0 radical (unpaired) electrons. The number of imidazole rings is 1. The molecule has 0 unspecified atom stereocenters. The second-order valence-electron chi connectivity index (χ2n) is 5.85. The molecule has 3 heterocycles. The van der Waals surface area contributed by atoms with E-state index in [0.29, 0.717) is 23.8 Å². The summed E-state index contributed by atoms with van der Waals surface area (Å²) in [6, 6.07) is -0.0679. The van der Waals surface area contributed by atoms with E-state index in [0.717, 1.165) is 5.82 Å². The lowest BCUT2D eigenvalue weighted by atomic mass is 10.1. The van der Waals surface area contributed by atoms with Gasteiger partial charge in [-0.05, 0) is 12.8 Å². The van der Waals surface area contributed by atoms with Crippen LogP contribution in [0.3, 0.4) is 0 Å². The molecule has 1 aliphatic heterocycles. The Morgan fingerprint density at radius 2 is 2.13 bits per heavy atom. The molecule has 1 saturated heterocycles. The molecule has 23 heavy (non-hydrogen) atoms. The molecule has 122 valence electrons. The molecule has 0 aromatic carbocycles. The van der Waals surface area contributed by atoms with Gasteiger partial charge in [0.1, 0.15) is 11.5 Å². The lowest BCUT2D eigenvalue weighted by Gasteiger charge is -2.17. The van der Waals surface area contributed by atoms with Gasteiger partial charge in [0.25, 0.3) is 11.8 Å². The number of amides is 2. The van der Waals surface area contributed by atoms with Crippen molar-refractivity contribution < 1.29 is 9.59 Å². The predicted molar refractivity (Wildman–Crippen MR) is 86.4 cm³/mol. The number of nitrogens with zero attached hydrogens (tertiary/aromatic N) is 4. The molecule has 2 aromatic rings. The maximum Gasteiger partial charge on any atom is 0.282 e. The van der Waals surface area contributed by atoms with E-state index < -0.39 is 0 Å². The second kappa shape index (κ2) is 6.11. The van der Waals surface area contributed by atoms with Crippen LogP contribution in [0.1, 0.15) is 33.0 Å². The SMILES string of the molecule is Cc1ncc(C(=O)N[C@@H]2CN(C(=O)c3nccs3)C[C@H]2C)n1C. The van der Waals surface area contributed by atoms with Gasteiger partial charge in [0.15, 0.2) is 5.01 Å². The number of aromatic nitrogens is 3. The minimum absolute atomic E-state index is 0.0679. The molecule has 1 fully saturated rings. The van der Waals surface area contributed by atoms with Gasteiger partial charge in [-0.1, -0.05) is 6.92 Å². The summed E-state index contributed by atoms with van der Waals surface area (Å²) in [5.41, 5.74) is 0.527. The first-order valence-corrected chi connectivity index (χ1v) is 8.33. The van der Waals surface area contributed by atoms with Crippen molar-refractivity contribution in [3.63, 3.8) is 0 Å². The van der Waals surface area contributed by atoms with Gasteiger partial charge >= 0.3 is 0 Å². The van der Waals surface area contributed by atoms with Crippen LogP contribution in [-0.2, 0) is 7.05 Å². The van der Waals surface area contributed by atoms with Gasteiger partial charge in [-0.25, -0.2) is 9.97 Å². The number of nitrogens with one attached hydrogen (secondary N) is 1. The molecule has 3 rings (SSSR count). The highest BCUT2D eigenvalue weighted by Gasteiger charge is 2.35. The zero-order chi connectivity index (χ0) is 16.6. The maximum absolute atomic E-state index is 12.4. The van der Waals surface area contributed by atoms with Crippen LogP contribution >= 0.6 is 11.3 Å². The molecule has 1 N–H and O–H groups in total. The second-order valence-corrected chi connectivity index (χ2v) is 6.75. The number of likely N-dealkylation sites (tertiary alicyclic amines) is 1. The van der Waals surface area contributed by atoms with Crippen LogP contribution < -0.4 is 5.32 Å². The lowest BCUT2D eigenvalue weighted by Crippen LogP contribution is -2.41. The number of carbonyl (C=O) groups excluding carboxylic acids is 2. The molecular formula is C15H19N5O2S. The molecule has 7 nitrogen and oxygen atoms in total. The summed E-state index contributed by atoms with van der Waals surface area (Å²) in [7, 11) is 1.81. The van der Waals surface area contributed by atoms with E-state index in [1.807, 2.05) is 20.9 Å². The number of carbonyl (C=O) groups is 2. The summed E-state index contributed by atoms with van der Waals surface area (Å²) in [5.74, 6) is 0.751. The normalized spacial score (nSPS) is 20.7. The van der Waals surface area contributed by atoms with Gasteiger partial charge in [-0.3, -0.25) is 9.59 Å². The zero-order valence-electron chi connectivity index (χ0n) is 13.3. The largest absolute Gasteiger partial charge is 0.346 e. The van der Waals surface area contributed by atoms with Crippen molar-refractivity contribution in [3.05, 3.63) is 34.3 Å². The highest BCUT2D eigenvalue weighted by molar-refractivity contribution is 7.11. The summed E-state index contributed by atoms with van der Waals surface area (Å²) in [6.45, 7) is 5.01. The molecular weight excluding hydrogens is 314 g/mol. The maximum atomic E-state index is 12.4. The van der Waals surface area contributed by atoms with Crippen molar-refractivity contribution in [1.29, 1.82) is 0 Å². The van der Waals surface area contributed by atoms with E-state index in [2.05, 4.69) is 15.3 Å². The third-order valence-electron chi connectivity index (χ3n) is 4.28. The molecule has 0 saturated carbocycles. The van der Waals surface area contributed by atoms with E-state index in [1.165, 1.54) is 11.3 Å². The number of rotatable bonds is 3. The standard InChI is InChI=1S/C15H19N5O2S/c1-9-7-20(15(22)14-16-4-5-23-14)8-11(9)18-13(21)12-6-17-10(2)19(12)3/h4-6,9,11H,7-8H2,1-3H3,(H,18,21)/t9-,11-/m1/s1. The number of aryl methyl sites for hydroxylation is 1. The van der Waals surface area contributed by atoms with E-state index in [9.17, 15) is 9.59 Å². The molecule has 1 aliphatic rings. The Balaban J connectivity index is 1.66. The van der Waals surface area contributed by atoms with Crippen molar-refractivity contribution in [2.75, 3.05) is 13.1 Å². The minimum atomic E-state index is -0.159. The van der Waals surface area contributed by atoms with E-state index in [4.69, 9.17) is 0 Å². The number of thiazole rings is 1. The minimum Gasteiger partial charge on any atom is -0.346 e. The Morgan fingerprint density at radius 3 is 2.74 bits per heavy atom. The van der Waals surface area contributed by atoms with Crippen LogP contribution in [-0.4, -0.2) is 50.4 Å². The number of hydrogen-bond acceptors (Lipinski definition) is 5. The van der Waals surface area contributed by atoms with Crippen LogP contribution in [0.2, 0.25) is 0 Å². The Morgan fingerprint density at radius 1 is 1.35 bits per heavy atom.